The zero-order valence-electron chi connectivity index (χ0n) is 15.9. The number of hydrogen-bond donors (Lipinski definition) is 3. The number of carbonyl (C=O) groups excluding carboxylic acids is 2. The van der Waals surface area contributed by atoms with Gasteiger partial charge in [0, 0.05) is 40.8 Å². The van der Waals surface area contributed by atoms with Gasteiger partial charge in [0.05, 0.1) is 5.56 Å². The fourth-order valence-corrected chi connectivity index (χ4v) is 6.76. The Balaban J connectivity index is 1.35. The summed E-state index contributed by atoms with van der Waals surface area (Å²) in [7, 11) is 0. The minimum Gasteiger partial charge on any atom is -0.334 e. The number of nitrogens with zero attached hydrogens (tertiary/aromatic N) is 1. The van der Waals surface area contributed by atoms with E-state index in [4.69, 9.17) is 0 Å². The first-order valence-corrected chi connectivity index (χ1v) is 11.5. The molecule has 3 aromatic heterocycles. The lowest BCUT2D eigenvalue weighted by molar-refractivity contribution is 0.112. The van der Waals surface area contributed by atoms with Gasteiger partial charge in [-0.05, 0) is 55.5 Å². The van der Waals surface area contributed by atoms with Gasteiger partial charge in [0.15, 0.2) is 6.29 Å². The monoisotopic (exact) mass is 426 g/mol. The number of fused-ring (bicyclic) bond motifs is 2. The average molecular weight is 427 g/mol. The van der Waals surface area contributed by atoms with Crippen LogP contribution in [0.2, 0.25) is 0 Å². The Morgan fingerprint density at radius 1 is 1.14 bits per heavy atom. The van der Waals surface area contributed by atoms with E-state index in [0.29, 0.717) is 17.1 Å². The summed E-state index contributed by atoms with van der Waals surface area (Å²) < 4.78 is 2.12. The molecule has 0 radical (unpaired) electrons. The fourth-order valence-electron chi connectivity index (χ4n) is 4.21. The van der Waals surface area contributed by atoms with Gasteiger partial charge in [-0.3, -0.25) is 10.1 Å². The van der Waals surface area contributed by atoms with Crippen LogP contribution in [0.15, 0.2) is 24.5 Å². The van der Waals surface area contributed by atoms with Crippen molar-refractivity contribution in [2.24, 2.45) is 0 Å². The van der Waals surface area contributed by atoms with E-state index in [9.17, 15) is 9.59 Å². The van der Waals surface area contributed by atoms with Gasteiger partial charge in [0.1, 0.15) is 10.0 Å². The van der Waals surface area contributed by atoms with Crippen LogP contribution < -0.4 is 16.0 Å². The number of anilines is 1. The lowest BCUT2D eigenvalue weighted by Gasteiger charge is -2.15. The Morgan fingerprint density at radius 3 is 2.83 bits per heavy atom. The second kappa shape index (κ2) is 7.78. The van der Waals surface area contributed by atoms with Crippen LogP contribution >= 0.6 is 22.7 Å². The van der Waals surface area contributed by atoms with Crippen molar-refractivity contribution in [1.29, 1.82) is 0 Å². The number of aromatic nitrogens is 1. The quantitative estimate of drug-likeness (QED) is 0.542. The van der Waals surface area contributed by atoms with Crippen LogP contribution in [0, 0.1) is 0 Å². The molecular formula is C21H22N4O2S2. The number of nitrogens with one attached hydrogen (secondary N) is 3. The van der Waals surface area contributed by atoms with Crippen LogP contribution in [-0.2, 0) is 32.4 Å². The molecule has 3 aromatic rings. The number of aryl methyl sites for hydroxylation is 1. The van der Waals surface area contributed by atoms with Crippen LogP contribution in [0.1, 0.15) is 43.2 Å². The van der Waals surface area contributed by atoms with E-state index in [1.54, 1.807) is 11.3 Å². The molecule has 2 amide bonds. The third kappa shape index (κ3) is 3.41. The maximum absolute atomic E-state index is 12.6. The minimum atomic E-state index is -0.264. The predicted octanol–water partition coefficient (Wildman–Crippen LogP) is 3.87. The van der Waals surface area contributed by atoms with Crippen LogP contribution in [0.3, 0.4) is 0 Å². The molecule has 2 aliphatic rings. The summed E-state index contributed by atoms with van der Waals surface area (Å²) in [6.45, 7) is 2.30. The maximum atomic E-state index is 12.6. The lowest BCUT2D eigenvalue weighted by Crippen LogP contribution is -2.29. The number of rotatable bonds is 5. The number of thiophene rings is 2. The first-order valence-electron chi connectivity index (χ1n) is 9.86. The van der Waals surface area contributed by atoms with Crippen molar-refractivity contribution in [2.75, 3.05) is 11.9 Å². The van der Waals surface area contributed by atoms with Gasteiger partial charge in [0.25, 0.3) is 0 Å². The maximum Gasteiger partial charge on any atom is 0.320 e. The molecule has 4 heterocycles. The number of carbonyl (C=O) groups is 2. The van der Waals surface area contributed by atoms with Gasteiger partial charge in [-0.2, -0.15) is 0 Å². The van der Waals surface area contributed by atoms with E-state index in [2.05, 4.69) is 20.5 Å². The van der Waals surface area contributed by atoms with E-state index < -0.39 is 0 Å². The second-order valence-corrected chi connectivity index (χ2v) is 9.52. The minimum absolute atomic E-state index is 0.264. The Morgan fingerprint density at radius 2 is 2.00 bits per heavy atom. The number of hydrogen-bond acceptors (Lipinski definition) is 5. The fraction of sp³-hybridized carbons (Fsp3) is 0.333. The summed E-state index contributed by atoms with van der Waals surface area (Å²) in [6.07, 6.45) is 8.95. The highest BCUT2D eigenvalue weighted by atomic mass is 32.1. The third-order valence-corrected chi connectivity index (χ3v) is 8.10. The van der Waals surface area contributed by atoms with Crippen molar-refractivity contribution in [3.05, 3.63) is 56.5 Å². The standard InChI is InChI=1S/C21H22N4O2S2/c26-12-16-13-4-3-5-17(13)28-19(16)24-21(27)23-10-15-14-6-7-22-11-18(14)29-20(15)25-8-1-2-9-25/h1-2,8-9,12,22H,3-7,10-11H2,(H2,23,24,27). The van der Waals surface area contributed by atoms with E-state index in [-0.39, 0.29) is 6.03 Å². The van der Waals surface area contributed by atoms with Crippen molar-refractivity contribution in [2.45, 2.75) is 38.8 Å². The smallest absolute Gasteiger partial charge is 0.320 e. The average Bonchev–Trinajstić information content (AvgIpc) is 3.49. The van der Waals surface area contributed by atoms with Gasteiger partial charge >= 0.3 is 6.03 Å². The number of urea groups is 1. The first kappa shape index (κ1) is 18.6. The molecule has 0 fully saturated rings. The molecular weight excluding hydrogens is 404 g/mol. The van der Waals surface area contributed by atoms with Crippen molar-refractivity contribution in [3.8, 4) is 5.00 Å². The van der Waals surface area contributed by atoms with Gasteiger partial charge in [-0.15, -0.1) is 22.7 Å². The molecule has 0 bridgehead atoms. The molecule has 6 nitrogen and oxygen atoms in total. The highest BCUT2D eigenvalue weighted by Crippen LogP contribution is 2.38. The molecule has 1 aliphatic heterocycles. The van der Waals surface area contributed by atoms with Gasteiger partial charge in [0.2, 0.25) is 0 Å². The Kier molecular flexibility index (Phi) is 4.99. The van der Waals surface area contributed by atoms with Crippen LogP contribution in [-0.4, -0.2) is 23.4 Å². The highest BCUT2D eigenvalue weighted by Gasteiger charge is 2.24. The van der Waals surface area contributed by atoms with Gasteiger partial charge in [-0.1, -0.05) is 0 Å². The van der Waals surface area contributed by atoms with E-state index >= 15 is 0 Å². The molecule has 0 saturated heterocycles. The topological polar surface area (TPSA) is 75.2 Å². The molecule has 3 N–H and O–H groups in total. The highest BCUT2D eigenvalue weighted by molar-refractivity contribution is 7.17. The van der Waals surface area contributed by atoms with Crippen molar-refractivity contribution in [3.63, 3.8) is 0 Å². The van der Waals surface area contributed by atoms with Crippen LogP contribution in [0.25, 0.3) is 5.00 Å². The molecule has 0 saturated carbocycles. The lowest BCUT2D eigenvalue weighted by atomic mass is 10.0. The van der Waals surface area contributed by atoms with Crippen LogP contribution in [0.5, 0.6) is 0 Å². The van der Waals surface area contributed by atoms with Crippen molar-refractivity contribution < 1.29 is 9.59 Å². The molecule has 0 spiro atoms. The predicted molar refractivity (Wildman–Crippen MR) is 117 cm³/mol. The SMILES string of the molecule is O=Cc1c(NC(=O)NCc2c(-n3cccc3)sc3c2CCNC3)sc2c1CCC2. The summed E-state index contributed by atoms with van der Waals surface area (Å²) in [6, 6.07) is 3.76. The normalized spacial score (nSPS) is 15.0. The zero-order chi connectivity index (χ0) is 19.8. The summed E-state index contributed by atoms with van der Waals surface area (Å²) in [5, 5.41) is 11.2. The number of aldehydes is 1. The van der Waals surface area contributed by atoms with Gasteiger partial charge in [-0.25, -0.2) is 4.79 Å². The Labute approximate surface area is 176 Å². The van der Waals surface area contributed by atoms with Crippen LogP contribution in [0.4, 0.5) is 9.80 Å². The largest absolute Gasteiger partial charge is 0.334 e. The van der Waals surface area contributed by atoms with E-state index in [1.807, 2.05) is 24.5 Å². The van der Waals surface area contributed by atoms with Crippen molar-refractivity contribution in [1.82, 2.24) is 15.2 Å². The summed E-state index contributed by atoms with van der Waals surface area (Å²) >= 11 is 3.32. The second-order valence-electron chi connectivity index (χ2n) is 7.33. The van der Waals surface area contributed by atoms with E-state index in [1.165, 1.54) is 32.2 Å². The molecule has 29 heavy (non-hydrogen) atoms. The summed E-state index contributed by atoms with van der Waals surface area (Å²) in [4.78, 5) is 26.7. The Hall–Kier alpha value is -2.42. The third-order valence-electron chi connectivity index (χ3n) is 5.59. The molecule has 5 rings (SSSR count). The zero-order valence-corrected chi connectivity index (χ0v) is 17.5. The van der Waals surface area contributed by atoms with Gasteiger partial charge < -0.3 is 15.2 Å². The summed E-state index contributed by atoms with van der Waals surface area (Å²) in [5.41, 5.74) is 4.31. The Bertz CT molecular complexity index is 1070. The van der Waals surface area contributed by atoms with E-state index in [0.717, 1.165) is 55.6 Å². The first-order chi connectivity index (χ1) is 14.2. The molecule has 0 unspecified atom stereocenters. The van der Waals surface area contributed by atoms with Crippen molar-refractivity contribution >= 4 is 40.0 Å². The molecule has 0 aromatic carbocycles. The number of amides is 2. The molecule has 8 heteroatoms. The summed E-state index contributed by atoms with van der Waals surface area (Å²) in [5.74, 6) is 0. The molecule has 150 valence electrons. The molecule has 0 atom stereocenters. The molecule has 1 aliphatic carbocycles.